The summed E-state index contributed by atoms with van der Waals surface area (Å²) < 4.78 is 6.11. The summed E-state index contributed by atoms with van der Waals surface area (Å²) in [5.74, 6) is 0.227. The number of nitrogens with zero attached hydrogens (tertiary/aromatic N) is 4. The molecule has 40 heavy (non-hydrogen) atoms. The van der Waals surface area contributed by atoms with Crippen LogP contribution < -0.4 is 10.8 Å². The van der Waals surface area contributed by atoms with Crippen molar-refractivity contribution in [3.63, 3.8) is 0 Å². The summed E-state index contributed by atoms with van der Waals surface area (Å²) in [5, 5.41) is 13.0. The largest absolute Gasteiger partial charge is 0.356 e. The van der Waals surface area contributed by atoms with Crippen LogP contribution in [0.15, 0.2) is 48.7 Å². The van der Waals surface area contributed by atoms with Gasteiger partial charge >= 0.3 is 6.03 Å². The molecule has 2 unspecified atom stereocenters. The number of amides is 3. The summed E-state index contributed by atoms with van der Waals surface area (Å²) in [6.07, 6.45) is 0.538. The lowest BCUT2D eigenvalue weighted by Crippen LogP contribution is -2.53. The number of halogens is 1. The maximum absolute atomic E-state index is 14.0. The van der Waals surface area contributed by atoms with E-state index in [1.54, 1.807) is 9.80 Å². The minimum Gasteiger partial charge on any atom is -0.356 e. The van der Waals surface area contributed by atoms with Crippen LogP contribution in [0.5, 0.6) is 0 Å². The van der Waals surface area contributed by atoms with Gasteiger partial charge in [0.15, 0.2) is 0 Å². The first-order valence-corrected chi connectivity index (χ1v) is 14.4. The summed E-state index contributed by atoms with van der Waals surface area (Å²) in [5.41, 5.74) is 5.21. The van der Waals surface area contributed by atoms with Crippen molar-refractivity contribution in [3.8, 4) is 11.3 Å². The molecule has 2 aromatic carbocycles. The molecule has 0 bridgehead atoms. The van der Waals surface area contributed by atoms with Gasteiger partial charge in [0.05, 0.1) is 24.9 Å². The standard InChI is InChI=1S/C28H34BIN6O4/c1-16(2)24(33-27(38)40-3)26(37)36-15-35(28(39)34-12-18-5-4-6-21(30)20(18)13-34)14-23(36)25-31-11-22(32-25)17-7-9-19(29)10-8-17/h4-11,16,23-24,27,33,38H,12-15,29H2,1-3H3,(H,31,32)/t23?,24-,27?/m0/s1. The average molecular weight is 656 g/mol. The molecular weight excluding hydrogens is 622 g/mol. The summed E-state index contributed by atoms with van der Waals surface area (Å²) in [7, 11) is 3.40. The third-order valence-corrected chi connectivity index (χ3v) is 8.59. The molecule has 2 aliphatic rings. The van der Waals surface area contributed by atoms with E-state index in [0.29, 0.717) is 25.5 Å². The van der Waals surface area contributed by atoms with Crippen molar-refractivity contribution in [2.75, 3.05) is 20.3 Å². The van der Waals surface area contributed by atoms with E-state index in [4.69, 9.17) is 9.72 Å². The Bertz CT molecular complexity index is 1380. The number of aromatic amines is 1. The van der Waals surface area contributed by atoms with Gasteiger partial charge in [-0.05, 0) is 45.7 Å². The van der Waals surface area contributed by atoms with Crippen molar-refractivity contribution in [1.82, 2.24) is 30.0 Å². The van der Waals surface area contributed by atoms with Gasteiger partial charge in [0.25, 0.3) is 0 Å². The van der Waals surface area contributed by atoms with Gasteiger partial charge in [-0.25, -0.2) is 9.78 Å². The lowest BCUT2D eigenvalue weighted by atomic mass is 9.95. The van der Waals surface area contributed by atoms with E-state index in [-0.39, 0.29) is 24.5 Å². The number of aliphatic hydroxyl groups excluding tert-OH is 1. The highest BCUT2D eigenvalue weighted by atomic mass is 127. The summed E-state index contributed by atoms with van der Waals surface area (Å²) >= 11 is 2.31. The number of methoxy groups -OCH3 is 1. The highest BCUT2D eigenvalue weighted by molar-refractivity contribution is 14.1. The molecule has 210 valence electrons. The van der Waals surface area contributed by atoms with Crippen molar-refractivity contribution < 1.29 is 19.4 Å². The fourth-order valence-electron chi connectivity index (χ4n) is 5.29. The lowest BCUT2D eigenvalue weighted by Gasteiger charge is -2.31. The molecule has 2 aliphatic heterocycles. The molecule has 3 aromatic rings. The Kier molecular flexibility index (Phi) is 8.50. The lowest BCUT2D eigenvalue weighted by molar-refractivity contribution is -0.145. The Labute approximate surface area is 248 Å². The predicted molar refractivity (Wildman–Crippen MR) is 162 cm³/mol. The number of rotatable bonds is 7. The first kappa shape index (κ1) is 28.6. The molecule has 1 aromatic heterocycles. The second-order valence-electron chi connectivity index (χ2n) is 10.7. The SMILES string of the molecule is Bc1ccc(-c2c[nH]c(C3CN(C(=O)N4Cc5cccc(I)c5C4)CN3C(=O)[C@@H](NC(O)OC)C(C)C)n2)cc1. The zero-order valence-corrected chi connectivity index (χ0v) is 25.3. The zero-order chi connectivity index (χ0) is 28.6. The molecule has 1 fully saturated rings. The number of ether oxygens (including phenoxy) is 1. The van der Waals surface area contributed by atoms with Gasteiger partial charge in [-0.3, -0.25) is 10.1 Å². The highest BCUT2D eigenvalue weighted by Crippen LogP contribution is 2.33. The van der Waals surface area contributed by atoms with Crippen LogP contribution in [0.25, 0.3) is 11.3 Å². The fourth-order valence-corrected chi connectivity index (χ4v) is 6.01. The average Bonchev–Trinajstić information content (AvgIpc) is 3.69. The number of nitrogens with one attached hydrogen (secondary N) is 2. The smallest absolute Gasteiger partial charge is 0.322 e. The van der Waals surface area contributed by atoms with Crippen molar-refractivity contribution in [2.24, 2.45) is 5.92 Å². The molecule has 3 atom stereocenters. The van der Waals surface area contributed by atoms with Gasteiger partial charge in [-0.1, -0.05) is 55.7 Å². The Hall–Kier alpha value is -2.94. The second-order valence-corrected chi connectivity index (χ2v) is 11.9. The molecule has 12 heteroatoms. The molecule has 3 amide bonds. The van der Waals surface area contributed by atoms with Crippen molar-refractivity contribution >= 4 is 47.8 Å². The fraction of sp³-hybridized carbons (Fsp3) is 0.393. The van der Waals surface area contributed by atoms with Crippen LogP contribution in [-0.2, 0) is 22.6 Å². The van der Waals surface area contributed by atoms with E-state index in [2.05, 4.69) is 45.0 Å². The number of urea groups is 1. The first-order valence-electron chi connectivity index (χ1n) is 13.4. The number of benzene rings is 2. The topological polar surface area (TPSA) is 114 Å². The maximum Gasteiger partial charge on any atom is 0.322 e. The summed E-state index contributed by atoms with van der Waals surface area (Å²) in [4.78, 5) is 41.0. The molecular formula is C28H34BIN6O4. The van der Waals surface area contributed by atoms with E-state index in [0.717, 1.165) is 25.9 Å². The number of imidazole rings is 1. The van der Waals surface area contributed by atoms with Crippen LogP contribution in [0.3, 0.4) is 0 Å². The third-order valence-electron chi connectivity index (χ3n) is 7.58. The molecule has 5 rings (SSSR count). The predicted octanol–water partition coefficient (Wildman–Crippen LogP) is 1.75. The normalized spacial score (nSPS) is 18.4. The molecule has 0 radical (unpaired) electrons. The van der Waals surface area contributed by atoms with Gasteiger partial charge in [0.2, 0.25) is 12.3 Å². The molecule has 0 spiro atoms. The monoisotopic (exact) mass is 656 g/mol. The maximum atomic E-state index is 14.0. The van der Waals surface area contributed by atoms with Gasteiger partial charge in [-0.2, -0.15) is 0 Å². The number of carbonyl (C=O) groups is 2. The van der Waals surface area contributed by atoms with E-state index in [1.165, 1.54) is 12.7 Å². The van der Waals surface area contributed by atoms with Crippen LogP contribution in [0, 0.1) is 9.49 Å². The third kappa shape index (κ3) is 5.76. The number of H-pyrrole nitrogens is 1. The molecule has 1 saturated heterocycles. The van der Waals surface area contributed by atoms with Crippen molar-refractivity contribution in [3.05, 3.63) is 69.2 Å². The van der Waals surface area contributed by atoms with Gasteiger partial charge in [0, 0.05) is 35.5 Å². The van der Waals surface area contributed by atoms with Crippen LogP contribution in [0.2, 0.25) is 0 Å². The van der Waals surface area contributed by atoms with E-state index in [9.17, 15) is 14.7 Å². The second kappa shape index (κ2) is 11.9. The zero-order valence-electron chi connectivity index (χ0n) is 23.1. The first-order chi connectivity index (χ1) is 19.2. The number of hydrogen-bond donors (Lipinski definition) is 3. The Morgan fingerprint density at radius 1 is 1.18 bits per heavy atom. The van der Waals surface area contributed by atoms with Crippen LogP contribution in [0.1, 0.15) is 36.8 Å². The van der Waals surface area contributed by atoms with Gasteiger partial charge < -0.3 is 29.5 Å². The number of carbonyl (C=O) groups excluding carboxylic acids is 2. The summed E-state index contributed by atoms with van der Waals surface area (Å²) in [6, 6.07) is 12.9. The van der Waals surface area contributed by atoms with E-state index >= 15 is 0 Å². The molecule has 3 N–H and O–H groups in total. The highest BCUT2D eigenvalue weighted by Gasteiger charge is 2.43. The van der Waals surface area contributed by atoms with Crippen molar-refractivity contribution in [1.29, 1.82) is 0 Å². The molecule has 10 nitrogen and oxygen atoms in total. The van der Waals surface area contributed by atoms with Crippen LogP contribution >= 0.6 is 22.6 Å². The quantitative estimate of drug-likeness (QED) is 0.203. The van der Waals surface area contributed by atoms with Crippen molar-refractivity contribution in [2.45, 2.75) is 45.4 Å². The number of hydrogen-bond acceptors (Lipinski definition) is 6. The summed E-state index contributed by atoms with van der Waals surface area (Å²) in [6.45, 7) is 5.29. The van der Waals surface area contributed by atoms with Crippen LogP contribution in [-0.4, -0.2) is 82.3 Å². The number of aliphatic hydroxyl groups is 1. The molecule has 0 saturated carbocycles. The Morgan fingerprint density at radius 2 is 1.93 bits per heavy atom. The van der Waals surface area contributed by atoms with E-state index in [1.807, 2.05) is 63.1 Å². The Morgan fingerprint density at radius 3 is 2.60 bits per heavy atom. The van der Waals surface area contributed by atoms with Crippen LogP contribution in [0.4, 0.5) is 4.79 Å². The number of aromatic nitrogens is 2. The molecule has 0 aliphatic carbocycles. The van der Waals surface area contributed by atoms with E-state index < -0.39 is 18.5 Å². The van der Waals surface area contributed by atoms with Gasteiger partial charge in [0.1, 0.15) is 19.7 Å². The molecule has 3 heterocycles. The minimum atomic E-state index is -1.29. The minimum absolute atomic E-state index is 0.112. The Balaban J connectivity index is 1.42. The van der Waals surface area contributed by atoms with Gasteiger partial charge in [-0.15, -0.1) is 0 Å². The number of fused-ring (bicyclic) bond motifs is 1.